The molecule has 0 unspecified atom stereocenters. The molecule has 4 rings (SSSR count). The number of benzene rings is 1. The molecule has 1 fully saturated rings. The molecular formula is C27H33N3O6. The average Bonchev–Trinajstić information content (AvgIpc) is 2.84. The molecule has 1 saturated carbocycles. The third-order valence-corrected chi connectivity index (χ3v) is 7.41. The summed E-state index contributed by atoms with van der Waals surface area (Å²) in [5.41, 5.74) is 1.81. The summed E-state index contributed by atoms with van der Waals surface area (Å²) in [6, 6.07) is 5.51. The third kappa shape index (κ3) is 4.74. The number of fused-ring (bicyclic) bond motifs is 1. The van der Waals surface area contributed by atoms with E-state index < -0.39 is 41.1 Å². The minimum absolute atomic E-state index is 0.0734. The fourth-order valence-corrected chi connectivity index (χ4v) is 5.31. The number of nitrogens with zero attached hydrogens (tertiary/aromatic N) is 2. The van der Waals surface area contributed by atoms with E-state index in [4.69, 9.17) is 5.11 Å². The summed E-state index contributed by atoms with van der Waals surface area (Å²) >= 11 is 0. The molecule has 1 aromatic heterocycles. The Morgan fingerprint density at radius 1 is 1.14 bits per heavy atom. The molecule has 0 bridgehead atoms. The molecule has 36 heavy (non-hydrogen) atoms. The number of hydrogen-bond donors (Lipinski definition) is 3. The summed E-state index contributed by atoms with van der Waals surface area (Å²) in [6.45, 7) is 5.56. The Kier molecular flexibility index (Phi) is 6.93. The van der Waals surface area contributed by atoms with Crippen LogP contribution in [0.2, 0.25) is 0 Å². The smallest absolute Gasteiger partial charge is 0.334 e. The molecule has 2 aliphatic rings. The van der Waals surface area contributed by atoms with E-state index in [0.29, 0.717) is 12.8 Å². The fraction of sp³-hybridized carbons (Fsp3) is 0.481. The quantitative estimate of drug-likeness (QED) is 0.564. The molecular weight excluding hydrogens is 462 g/mol. The first-order valence-electron chi connectivity index (χ1n) is 12.4. The van der Waals surface area contributed by atoms with Gasteiger partial charge in [-0.3, -0.25) is 23.5 Å². The standard InChI is InChI=1S/C27H33N3O6/c1-16-11-12-27(2,3)20-13-17(9-10-19(16)20)15-29-24(34)22(23(33)28-14-21(31)32)25(35)30(26(29)36)18-7-5-4-6-8-18/h9-11,13,18,35H,4-8,12,14-15H2,1-3H3,(H,28,33)(H,31,32). The molecule has 0 saturated heterocycles. The first-order valence-corrected chi connectivity index (χ1v) is 12.4. The van der Waals surface area contributed by atoms with Crippen molar-refractivity contribution < 1.29 is 19.8 Å². The van der Waals surface area contributed by atoms with Crippen LogP contribution in [0.3, 0.4) is 0 Å². The molecule has 9 heteroatoms. The lowest BCUT2D eigenvalue weighted by atomic mass is 9.73. The van der Waals surface area contributed by atoms with Gasteiger partial charge in [-0.05, 0) is 53.9 Å². The molecule has 1 amide bonds. The summed E-state index contributed by atoms with van der Waals surface area (Å²) in [5.74, 6) is -3.02. The van der Waals surface area contributed by atoms with Gasteiger partial charge in [0.2, 0.25) is 5.88 Å². The second-order valence-corrected chi connectivity index (χ2v) is 10.5. The minimum Gasteiger partial charge on any atom is -0.494 e. The zero-order chi connectivity index (χ0) is 26.2. The van der Waals surface area contributed by atoms with E-state index in [9.17, 15) is 24.3 Å². The molecule has 9 nitrogen and oxygen atoms in total. The second-order valence-electron chi connectivity index (χ2n) is 10.5. The minimum atomic E-state index is -1.29. The molecule has 2 aromatic rings. The Morgan fingerprint density at radius 2 is 1.83 bits per heavy atom. The monoisotopic (exact) mass is 495 g/mol. The maximum absolute atomic E-state index is 13.6. The van der Waals surface area contributed by atoms with Gasteiger partial charge in [0.15, 0.2) is 5.56 Å². The zero-order valence-electron chi connectivity index (χ0n) is 21.0. The number of allylic oxidation sites excluding steroid dienone is 2. The van der Waals surface area contributed by atoms with Gasteiger partial charge < -0.3 is 15.5 Å². The average molecular weight is 496 g/mol. The van der Waals surface area contributed by atoms with Gasteiger partial charge >= 0.3 is 11.7 Å². The first kappa shape index (κ1) is 25.5. The lowest BCUT2D eigenvalue weighted by Gasteiger charge is -2.32. The van der Waals surface area contributed by atoms with Gasteiger partial charge in [0, 0.05) is 6.04 Å². The van der Waals surface area contributed by atoms with Gasteiger partial charge in [0.25, 0.3) is 11.5 Å². The van der Waals surface area contributed by atoms with Crippen LogP contribution in [-0.2, 0) is 16.8 Å². The fourth-order valence-electron chi connectivity index (χ4n) is 5.31. The second kappa shape index (κ2) is 9.79. The number of carbonyl (C=O) groups is 2. The Bertz CT molecular complexity index is 1360. The van der Waals surface area contributed by atoms with Crippen LogP contribution < -0.4 is 16.6 Å². The molecule has 3 N–H and O–H groups in total. The van der Waals surface area contributed by atoms with Crippen LogP contribution in [0, 0.1) is 0 Å². The van der Waals surface area contributed by atoms with Crippen molar-refractivity contribution in [2.24, 2.45) is 0 Å². The van der Waals surface area contributed by atoms with Crippen LogP contribution in [0.4, 0.5) is 0 Å². The van der Waals surface area contributed by atoms with Crippen molar-refractivity contribution in [2.75, 3.05) is 6.54 Å². The maximum Gasteiger partial charge on any atom is 0.334 e. The van der Waals surface area contributed by atoms with E-state index in [0.717, 1.165) is 51.5 Å². The van der Waals surface area contributed by atoms with Crippen LogP contribution in [0.15, 0.2) is 33.9 Å². The van der Waals surface area contributed by atoms with Gasteiger partial charge in [-0.2, -0.15) is 0 Å². The lowest BCUT2D eigenvalue weighted by Crippen LogP contribution is -2.46. The Morgan fingerprint density at radius 3 is 2.50 bits per heavy atom. The van der Waals surface area contributed by atoms with Crippen molar-refractivity contribution in [3.63, 3.8) is 0 Å². The number of carboxylic acids is 1. The van der Waals surface area contributed by atoms with Gasteiger partial charge in [0.1, 0.15) is 6.54 Å². The van der Waals surface area contributed by atoms with E-state index >= 15 is 0 Å². The van der Waals surface area contributed by atoms with Crippen molar-refractivity contribution in [1.82, 2.24) is 14.5 Å². The number of aliphatic carboxylic acids is 1. The molecule has 2 aliphatic carbocycles. The molecule has 1 heterocycles. The summed E-state index contributed by atoms with van der Waals surface area (Å²) < 4.78 is 2.12. The molecule has 192 valence electrons. The number of aromatic nitrogens is 2. The van der Waals surface area contributed by atoms with Crippen LogP contribution in [0.1, 0.15) is 92.4 Å². The Balaban J connectivity index is 1.84. The Labute approximate surface area is 209 Å². The zero-order valence-corrected chi connectivity index (χ0v) is 21.0. The normalized spacial score (nSPS) is 17.2. The topological polar surface area (TPSA) is 131 Å². The van der Waals surface area contributed by atoms with Crippen molar-refractivity contribution in [3.8, 4) is 5.88 Å². The predicted octanol–water partition coefficient (Wildman–Crippen LogP) is 3.17. The number of nitrogens with one attached hydrogen (secondary N) is 1. The number of amides is 1. The number of carbonyl (C=O) groups excluding carboxylic acids is 1. The molecule has 0 aliphatic heterocycles. The number of aromatic hydroxyl groups is 1. The summed E-state index contributed by atoms with van der Waals surface area (Å²) in [6.07, 6.45) is 7.09. The summed E-state index contributed by atoms with van der Waals surface area (Å²) in [4.78, 5) is 50.7. The van der Waals surface area contributed by atoms with Crippen molar-refractivity contribution in [1.29, 1.82) is 0 Å². The molecule has 0 spiro atoms. The summed E-state index contributed by atoms with van der Waals surface area (Å²) in [5, 5.41) is 22.0. The van der Waals surface area contributed by atoms with Gasteiger partial charge in [-0.15, -0.1) is 0 Å². The van der Waals surface area contributed by atoms with Gasteiger partial charge in [-0.1, -0.05) is 57.4 Å². The van der Waals surface area contributed by atoms with E-state index in [1.807, 2.05) is 18.2 Å². The van der Waals surface area contributed by atoms with E-state index in [2.05, 4.69) is 32.2 Å². The molecule has 0 atom stereocenters. The largest absolute Gasteiger partial charge is 0.494 e. The third-order valence-electron chi connectivity index (χ3n) is 7.41. The predicted molar refractivity (Wildman–Crippen MR) is 136 cm³/mol. The lowest BCUT2D eigenvalue weighted by molar-refractivity contribution is -0.135. The van der Waals surface area contributed by atoms with Crippen LogP contribution in [-0.4, -0.2) is 37.8 Å². The Hall–Kier alpha value is -3.62. The van der Waals surface area contributed by atoms with Crippen molar-refractivity contribution >= 4 is 17.4 Å². The number of hydrogen-bond acceptors (Lipinski definition) is 5. The highest BCUT2D eigenvalue weighted by Crippen LogP contribution is 2.39. The van der Waals surface area contributed by atoms with Crippen LogP contribution >= 0.6 is 0 Å². The van der Waals surface area contributed by atoms with E-state index in [1.165, 1.54) is 5.57 Å². The van der Waals surface area contributed by atoms with E-state index in [1.54, 1.807) is 0 Å². The molecule has 1 aromatic carbocycles. The van der Waals surface area contributed by atoms with E-state index in [-0.39, 0.29) is 18.0 Å². The summed E-state index contributed by atoms with van der Waals surface area (Å²) in [7, 11) is 0. The first-order chi connectivity index (χ1) is 17.0. The highest BCUT2D eigenvalue weighted by molar-refractivity contribution is 5.97. The highest BCUT2D eigenvalue weighted by atomic mass is 16.4. The van der Waals surface area contributed by atoms with Gasteiger partial charge in [-0.25, -0.2) is 4.79 Å². The molecule has 0 radical (unpaired) electrons. The number of rotatable bonds is 6. The van der Waals surface area contributed by atoms with Crippen molar-refractivity contribution in [3.05, 3.63) is 67.4 Å². The SMILES string of the molecule is CC1=CCC(C)(C)c2cc(Cn3c(=O)c(C(=O)NCC(=O)O)c(O)n(C4CCCCC4)c3=O)ccc21. The van der Waals surface area contributed by atoms with Crippen LogP contribution in [0.25, 0.3) is 5.57 Å². The number of carboxylic acid groups (broad SMARTS) is 1. The van der Waals surface area contributed by atoms with Gasteiger partial charge in [0.05, 0.1) is 6.54 Å². The van der Waals surface area contributed by atoms with Crippen molar-refractivity contribution in [2.45, 2.75) is 77.3 Å². The maximum atomic E-state index is 13.6. The van der Waals surface area contributed by atoms with Crippen LogP contribution in [0.5, 0.6) is 5.88 Å². The highest BCUT2D eigenvalue weighted by Gasteiger charge is 2.30.